The van der Waals surface area contributed by atoms with E-state index in [1.54, 1.807) is 41.7 Å². The van der Waals surface area contributed by atoms with Crippen LogP contribution in [0, 0.1) is 13.8 Å². The maximum Gasteiger partial charge on any atom is 0.270 e. The summed E-state index contributed by atoms with van der Waals surface area (Å²) in [5, 5.41) is 2.66. The second-order valence-corrected chi connectivity index (χ2v) is 8.58. The van der Waals surface area contributed by atoms with Gasteiger partial charge in [-0.05, 0) is 80.2 Å². The van der Waals surface area contributed by atoms with Crippen LogP contribution in [0.15, 0.2) is 66.2 Å². The highest BCUT2D eigenvalue weighted by atomic mass is 32.1. The normalized spacial score (nSPS) is 15.5. The van der Waals surface area contributed by atoms with Crippen molar-refractivity contribution in [3.05, 3.63) is 81.6 Å². The summed E-state index contributed by atoms with van der Waals surface area (Å²) in [5.74, 6) is 0.399. The Balaban J connectivity index is 1.61. The molecule has 0 bridgehead atoms. The van der Waals surface area contributed by atoms with E-state index in [4.69, 9.17) is 17.0 Å². The SMILES string of the molecule is Cc1cc(/C=C2\C(=O)NC(=S)N(c3ccc(Oc4ccccc4)cc3)C2=O)c(C)s1. The second kappa shape index (κ2) is 8.22. The van der Waals surface area contributed by atoms with Crippen molar-refractivity contribution in [2.75, 3.05) is 4.90 Å². The van der Waals surface area contributed by atoms with Gasteiger partial charge in [0.1, 0.15) is 17.1 Å². The van der Waals surface area contributed by atoms with Gasteiger partial charge in [-0.25, -0.2) is 0 Å². The highest BCUT2D eigenvalue weighted by Crippen LogP contribution is 2.28. The molecule has 0 saturated carbocycles. The molecule has 0 radical (unpaired) electrons. The lowest BCUT2D eigenvalue weighted by Gasteiger charge is -2.29. The van der Waals surface area contributed by atoms with Crippen LogP contribution in [0.1, 0.15) is 15.3 Å². The predicted molar refractivity (Wildman–Crippen MR) is 123 cm³/mol. The zero-order chi connectivity index (χ0) is 21.3. The van der Waals surface area contributed by atoms with Crippen molar-refractivity contribution in [3.8, 4) is 11.5 Å². The van der Waals surface area contributed by atoms with Crippen LogP contribution in [-0.4, -0.2) is 16.9 Å². The van der Waals surface area contributed by atoms with Gasteiger partial charge in [-0.15, -0.1) is 11.3 Å². The van der Waals surface area contributed by atoms with E-state index in [1.807, 2.05) is 50.2 Å². The Labute approximate surface area is 183 Å². The Hall–Kier alpha value is -3.29. The van der Waals surface area contributed by atoms with Crippen LogP contribution in [0.5, 0.6) is 11.5 Å². The first-order valence-corrected chi connectivity index (χ1v) is 10.5. The lowest BCUT2D eigenvalue weighted by molar-refractivity contribution is -0.122. The number of thiophene rings is 1. The summed E-state index contributed by atoms with van der Waals surface area (Å²) >= 11 is 6.88. The van der Waals surface area contributed by atoms with E-state index in [0.29, 0.717) is 17.2 Å². The van der Waals surface area contributed by atoms with Crippen LogP contribution >= 0.6 is 23.6 Å². The van der Waals surface area contributed by atoms with Gasteiger partial charge < -0.3 is 4.74 Å². The van der Waals surface area contributed by atoms with Gasteiger partial charge in [-0.3, -0.25) is 19.8 Å². The monoisotopic (exact) mass is 434 g/mol. The summed E-state index contributed by atoms with van der Waals surface area (Å²) < 4.78 is 5.79. The van der Waals surface area contributed by atoms with Crippen LogP contribution in [0.4, 0.5) is 5.69 Å². The third-order valence-corrected chi connectivity index (χ3v) is 5.82. The number of ether oxygens (including phenoxy) is 1. The van der Waals surface area contributed by atoms with Crippen molar-refractivity contribution in [2.24, 2.45) is 0 Å². The molecule has 0 spiro atoms. The summed E-state index contributed by atoms with van der Waals surface area (Å²) in [6, 6.07) is 18.3. The maximum atomic E-state index is 13.1. The van der Waals surface area contributed by atoms with E-state index in [-0.39, 0.29) is 10.7 Å². The van der Waals surface area contributed by atoms with Crippen molar-refractivity contribution in [1.29, 1.82) is 0 Å². The standard InChI is InChI=1S/C23H18N2O3S2/c1-14-12-16(15(2)30-14)13-20-21(26)24-23(29)25(22(20)27)17-8-10-19(11-9-17)28-18-6-4-3-5-7-18/h3-13H,1-2H3,(H,24,26,29)/b20-13+. The molecule has 2 aromatic carbocycles. The number of nitrogens with one attached hydrogen (secondary N) is 1. The van der Waals surface area contributed by atoms with Crippen LogP contribution in [0.3, 0.4) is 0 Å². The molecule has 4 rings (SSSR count). The average Bonchev–Trinajstić information content (AvgIpc) is 3.04. The Morgan fingerprint density at radius 2 is 1.67 bits per heavy atom. The number of thiocarbonyl (C=S) groups is 1. The molecule has 0 unspecified atom stereocenters. The minimum absolute atomic E-state index is 0.0501. The highest BCUT2D eigenvalue weighted by molar-refractivity contribution is 7.80. The second-order valence-electron chi connectivity index (χ2n) is 6.74. The number of benzene rings is 2. The minimum Gasteiger partial charge on any atom is -0.457 e. The molecule has 0 atom stereocenters. The lowest BCUT2D eigenvalue weighted by Crippen LogP contribution is -2.54. The van der Waals surface area contributed by atoms with E-state index >= 15 is 0 Å². The molecule has 1 aliphatic rings. The number of hydrogen-bond donors (Lipinski definition) is 1. The van der Waals surface area contributed by atoms with Crippen molar-refractivity contribution >= 4 is 52.2 Å². The summed E-state index contributed by atoms with van der Waals surface area (Å²) in [4.78, 5) is 29.0. The van der Waals surface area contributed by atoms with Gasteiger partial charge in [0.05, 0.1) is 5.69 Å². The number of carbonyl (C=O) groups is 2. The number of hydrogen-bond acceptors (Lipinski definition) is 5. The Kier molecular flexibility index (Phi) is 5.48. The lowest BCUT2D eigenvalue weighted by atomic mass is 10.1. The van der Waals surface area contributed by atoms with Crippen molar-refractivity contribution in [1.82, 2.24) is 5.32 Å². The molecule has 1 N–H and O–H groups in total. The van der Waals surface area contributed by atoms with Gasteiger partial charge in [0.25, 0.3) is 11.8 Å². The van der Waals surface area contributed by atoms with E-state index in [1.165, 1.54) is 4.90 Å². The van der Waals surface area contributed by atoms with Crippen LogP contribution in [0.2, 0.25) is 0 Å². The molecule has 7 heteroatoms. The third-order valence-electron chi connectivity index (χ3n) is 4.55. The molecular formula is C23H18N2O3S2. The maximum absolute atomic E-state index is 13.1. The highest BCUT2D eigenvalue weighted by Gasteiger charge is 2.34. The fourth-order valence-electron chi connectivity index (χ4n) is 3.13. The number of carbonyl (C=O) groups excluding carboxylic acids is 2. The average molecular weight is 435 g/mol. The van der Waals surface area contributed by atoms with E-state index in [9.17, 15) is 9.59 Å². The van der Waals surface area contributed by atoms with Gasteiger partial charge in [0, 0.05) is 9.75 Å². The smallest absolute Gasteiger partial charge is 0.270 e. The molecule has 2 heterocycles. The van der Waals surface area contributed by atoms with Crippen molar-refractivity contribution in [3.63, 3.8) is 0 Å². The number of nitrogens with zero attached hydrogens (tertiary/aromatic N) is 1. The number of anilines is 1. The first kappa shape index (κ1) is 20.0. The van der Waals surface area contributed by atoms with Crippen molar-refractivity contribution in [2.45, 2.75) is 13.8 Å². The number of amides is 2. The summed E-state index contributed by atoms with van der Waals surface area (Å²) in [5.41, 5.74) is 1.46. The summed E-state index contributed by atoms with van der Waals surface area (Å²) in [6.45, 7) is 3.95. The molecule has 1 saturated heterocycles. The molecule has 150 valence electrons. The zero-order valence-electron chi connectivity index (χ0n) is 16.3. The van der Waals surface area contributed by atoms with E-state index in [2.05, 4.69) is 5.32 Å². The largest absolute Gasteiger partial charge is 0.457 e. The molecule has 2 amide bonds. The van der Waals surface area contributed by atoms with Crippen LogP contribution < -0.4 is 15.0 Å². The predicted octanol–water partition coefficient (Wildman–Crippen LogP) is 4.99. The van der Waals surface area contributed by atoms with E-state index < -0.39 is 11.8 Å². The molecule has 1 fully saturated rings. The quantitative estimate of drug-likeness (QED) is 0.357. The zero-order valence-corrected chi connectivity index (χ0v) is 18.0. The molecule has 30 heavy (non-hydrogen) atoms. The third kappa shape index (κ3) is 4.03. The van der Waals surface area contributed by atoms with Crippen LogP contribution in [0.25, 0.3) is 6.08 Å². The molecule has 1 aromatic heterocycles. The Bertz CT molecular complexity index is 1160. The van der Waals surface area contributed by atoms with Crippen molar-refractivity contribution < 1.29 is 14.3 Å². The van der Waals surface area contributed by atoms with Gasteiger partial charge >= 0.3 is 0 Å². The molecule has 0 aliphatic carbocycles. The first-order valence-electron chi connectivity index (χ1n) is 9.24. The first-order chi connectivity index (χ1) is 14.4. The molecule has 1 aliphatic heterocycles. The fraction of sp³-hybridized carbons (Fsp3) is 0.0870. The molecule has 3 aromatic rings. The Morgan fingerprint density at radius 3 is 2.30 bits per heavy atom. The number of para-hydroxylation sites is 1. The Morgan fingerprint density at radius 1 is 1.00 bits per heavy atom. The number of aryl methyl sites for hydroxylation is 2. The molecular weight excluding hydrogens is 416 g/mol. The fourth-order valence-corrected chi connectivity index (χ4v) is 4.31. The van der Waals surface area contributed by atoms with Gasteiger partial charge in [0.2, 0.25) is 0 Å². The number of rotatable bonds is 4. The van der Waals surface area contributed by atoms with Gasteiger partial charge in [0.15, 0.2) is 5.11 Å². The van der Waals surface area contributed by atoms with Crippen LogP contribution in [-0.2, 0) is 9.59 Å². The topological polar surface area (TPSA) is 58.6 Å². The summed E-state index contributed by atoms with van der Waals surface area (Å²) in [6.07, 6.45) is 1.62. The minimum atomic E-state index is -0.492. The summed E-state index contributed by atoms with van der Waals surface area (Å²) in [7, 11) is 0. The van der Waals surface area contributed by atoms with Gasteiger partial charge in [-0.2, -0.15) is 0 Å². The van der Waals surface area contributed by atoms with E-state index in [0.717, 1.165) is 15.3 Å². The molecule has 5 nitrogen and oxygen atoms in total. The van der Waals surface area contributed by atoms with Gasteiger partial charge in [-0.1, -0.05) is 18.2 Å².